The third-order valence-corrected chi connectivity index (χ3v) is 3.19. The number of methoxy groups -OCH3 is 1. The second-order valence-corrected chi connectivity index (χ2v) is 6.08. The minimum atomic E-state index is -0.570. The van der Waals surface area contributed by atoms with Gasteiger partial charge in [-0.1, -0.05) is 12.2 Å². The van der Waals surface area contributed by atoms with Gasteiger partial charge in [0, 0.05) is 6.54 Å². The molecule has 0 aromatic rings. The summed E-state index contributed by atoms with van der Waals surface area (Å²) >= 11 is 0. The number of esters is 1. The predicted molar refractivity (Wildman–Crippen MR) is 76.3 cm³/mol. The molecule has 0 aromatic heterocycles. The Morgan fingerprint density at radius 2 is 2.00 bits per heavy atom. The number of carbonyl (C=O) groups is 2. The van der Waals surface area contributed by atoms with Crippen LogP contribution in [0.25, 0.3) is 0 Å². The van der Waals surface area contributed by atoms with E-state index in [1.807, 2.05) is 33.8 Å². The van der Waals surface area contributed by atoms with Crippen molar-refractivity contribution in [3.05, 3.63) is 12.2 Å². The zero-order chi connectivity index (χ0) is 15.3. The van der Waals surface area contributed by atoms with Gasteiger partial charge in [0.1, 0.15) is 11.6 Å². The van der Waals surface area contributed by atoms with E-state index in [0.29, 0.717) is 13.0 Å². The van der Waals surface area contributed by atoms with Gasteiger partial charge in [0.25, 0.3) is 0 Å². The zero-order valence-electron chi connectivity index (χ0n) is 13.0. The Kier molecular flexibility index (Phi) is 5.60. The molecule has 1 rings (SSSR count). The van der Waals surface area contributed by atoms with E-state index in [0.717, 1.165) is 6.42 Å². The number of hydrogen-bond acceptors (Lipinski definition) is 4. The van der Waals surface area contributed by atoms with E-state index < -0.39 is 17.7 Å². The van der Waals surface area contributed by atoms with Crippen LogP contribution in [0, 0.1) is 5.92 Å². The number of allylic oxidation sites excluding steroid dienone is 2. The summed E-state index contributed by atoms with van der Waals surface area (Å²) in [6.45, 7) is 7.92. The van der Waals surface area contributed by atoms with Crippen LogP contribution in [-0.4, -0.2) is 42.3 Å². The minimum absolute atomic E-state index is 0.266. The molecule has 0 bridgehead atoms. The standard InChI is InChI=1S/C15H25NO4/c1-6-7-8-11-9-12(13(17)19-5)16(10-11)14(18)20-15(2,3)4/h6-7,11-12H,8-10H2,1-5H3/b7-6-/t11-,12+/m1/s1. The Balaban J connectivity index is 2.78. The Morgan fingerprint density at radius 1 is 1.35 bits per heavy atom. The van der Waals surface area contributed by atoms with Gasteiger partial charge in [0.2, 0.25) is 0 Å². The van der Waals surface area contributed by atoms with Crippen LogP contribution >= 0.6 is 0 Å². The highest BCUT2D eigenvalue weighted by atomic mass is 16.6. The summed E-state index contributed by atoms with van der Waals surface area (Å²) in [6, 6.07) is -0.537. The Hall–Kier alpha value is -1.52. The van der Waals surface area contributed by atoms with Crippen LogP contribution in [0.1, 0.15) is 40.5 Å². The average Bonchev–Trinajstić information content (AvgIpc) is 2.77. The molecule has 2 atom stereocenters. The lowest BCUT2D eigenvalue weighted by Gasteiger charge is -2.27. The van der Waals surface area contributed by atoms with Crippen LogP contribution < -0.4 is 0 Å². The molecule has 1 aliphatic rings. The molecule has 114 valence electrons. The molecule has 0 saturated carbocycles. The molecule has 20 heavy (non-hydrogen) atoms. The molecule has 0 radical (unpaired) electrons. The molecule has 5 heteroatoms. The maximum atomic E-state index is 12.2. The van der Waals surface area contributed by atoms with Gasteiger partial charge in [-0.2, -0.15) is 0 Å². The Morgan fingerprint density at radius 3 is 2.50 bits per heavy atom. The van der Waals surface area contributed by atoms with Gasteiger partial charge in [0.15, 0.2) is 0 Å². The van der Waals surface area contributed by atoms with Crippen LogP contribution in [0.15, 0.2) is 12.2 Å². The molecule has 5 nitrogen and oxygen atoms in total. The third-order valence-electron chi connectivity index (χ3n) is 3.19. The van der Waals surface area contributed by atoms with Crippen LogP contribution in [0.4, 0.5) is 4.79 Å². The lowest BCUT2D eigenvalue weighted by Crippen LogP contribution is -2.43. The lowest BCUT2D eigenvalue weighted by atomic mass is 10.0. The highest BCUT2D eigenvalue weighted by molar-refractivity contribution is 5.82. The van der Waals surface area contributed by atoms with Crippen LogP contribution in [0.5, 0.6) is 0 Å². The van der Waals surface area contributed by atoms with Crippen LogP contribution in [0.2, 0.25) is 0 Å². The number of amides is 1. The maximum absolute atomic E-state index is 12.2. The quantitative estimate of drug-likeness (QED) is 0.590. The van der Waals surface area contributed by atoms with Crippen molar-refractivity contribution in [1.29, 1.82) is 0 Å². The second kappa shape index (κ2) is 6.77. The molecule has 1 amide bonds. The van der Waals surface area contributed by atoms with Crippen LogP contribution in [0.3, 0.4) is 0 Å². The largest absolute Gasteiger partial charge is 0.467 e. The highest BCUT2D eigenvalue weighted by Gasteiger charge is 2.41. The minimum Gasteiger partial charge on any atom is -0.467 e. The van der Waals surface area contributed by atoms with Gasteiger partial charge in [0.05, 0.1) is 7.11 Å². The number of nitrogens with zero attached hydrogens (tertiary/aromatic N) is 1. The number of rotatable bonds is 3. The molecule has 0 unspecified atom stereocenters. The normalized spacial score (nSPS) is 23.1. The van der Waals surface area contributed by atoms with E-state index in [9.17, 15) is 9.59 Å². The highest BCUT2D eigenvalue weighted by Crippen LogP contribution is 2.28. The van der Waals surface area contributed by atoms with E-state index in [1.165, 1.54) is 12.0 Å². The molecular weight excluding hydrogens is 258 g/mol. The van der Waals surface area contributed by atoms with Gasteiger partial charge in [-0.15, -0.1) is 0 Å². The molecular formula is C15H25NO4. The first kappa shape index (κ1) is 16.5. The smallest absolute Gasteiger partial charge is 0.411 e. The lowest BCUT2D eigenvalue weighted by molar-refractivity contribution is -0.145. The number of ether oxygens (including phenoxy) is 2. The van der Waals surface area contributed by atoms with Gasteiger partial charge in [-0.25, -0.2) is 9.59 Å². The SMILES string of the molecule is C/C=C\C[C@@H]1C[C@@H](C(=O)OC)N(C(=O)OC(C)(C)C)C1. The first-order valence-electron chi connectivity index (χ1n) is 6.97. The molecule has 1 aliphatic heterocycles. The van der Waals surface area contributed by atoms with Gasteiger partial charge in [-0.05, 0) is 46.5 Å². The summed E-state index contributed by atoms with van der Waals surface area (Å²) in [5.41, 5.74) is -0.570. The molecule has 1 saturated heterocycles. The maximum Gasteiger partial charge on any atom is 0.411 e. The van der Waals surface area contributed by atoms with Crippen molar-refractivity contribution in [3.8, 4) is 0 Å². The van der Waals surface area contributed by atoms with Crippen LogP contribution in [-0.2, 0) is 14.3 Å². The topological polar surface area (TPSA) is 55.8 Å². The van der Waals surface area contributed by atoms with Crippen molar-refractivity contribution in [2.45, 2.75) is 52.2 Å². The molecule has 0 aliphatic carbocycles. The van der Waals surface area contributed by atoms with Crippen molar-refractivity contribution in [1.82, 2.24) is 4.90 Å². The Bertz CT molecular complexity index is 384. The first-order chi connectivity index (χ1) is 9.28. The van der Waals surface area contributed by atoms with Crippen molar-refractivity contribution in [2.24, 2.45) is 5.92 Å². The fourth-order valence-corrected chi connectivity index (χ4v) is 2.30. The van der Waals surface area contributed by atoms with E-state index in [2.05, 4.69) is 6.08 Å². The number of likely N-dealkylation sites (tertiary alicyclic amines) is 1. The molecule has 0 spiro atoms. The average molecular weight is 283 g/mol. The molecule has 0 N–H and O–H groups in total. The fourth-order valence-electron chi connectivity index (χ4n) is 2.30. The van der Waals surface area contributed by atoms with E-state index in [1.54, 1.807) is 0 Å². The summed E-state index contributed by atoms with van der Waals surface area (Å²) < 4.78 is 10.2. The summed E-state index contributed by atoms with van der Waals surface area (Å²) in [7, 11) is 1.34. The molecule has 1 fully saturated rings. The first-order valence-corrected chi connectivity index (χ1v) is 6.97. The number of carbonyl (C=O) groups excluding carboxylic acids is 2. The second-order valence-electron chi connectivity index (χ2n) is 6.08. The Labute approximate surface area is 120 Å². The zero-order valence-corrected chi connectivity index (χ0v) is 13.0. The molecule has 1 heterocycles. The summed E-state index contributed by atoms with van der Waals surface area (Å²) in [6.07, 6.45) is 5.05. The van der Waals surface area contributed by atoms with Crippen molar-refractivity contribution >= 4 is 12.1 Å². The predicted octanol–water partition coefficient (Wildman–Crippen LogP) is 2.75. The summed E-state index contributed by atoms with van der Waals surface area (Å²) in [5, 5.41) is 0. The van der Waals surface area contributed by atoms with Crippen molar-refractivity contribution < 1.29 is 19.1 Å². The molecule has 0 aromatic carbocycles. The van der Waals surface area contributed by atoms with Gasteiger partial charge < -0.3 is 9.47 Å². The van der Waals surface area contributed by atoms with Crippen molar-refractivity contribution in [3.63, 3.8) is 0 Å². The summed E-state index contributed by atoms with van der Waals surface area (Å²) in [5.74, 6) is -0.110. The third kappa shape index (κ3) is 4.54. The van der Waals surface area contributed by atoms with Crippen molar-refractivity contribution in [2.75, 3.05) is 13.7 Å². The van der Waals surface area contributed by atoms with E-state index in [4.69, 9.17) is 9.47 Å². The monoisotopic (exact) mass is 283 g/mol. The van der Waals surface area contributed by atoms with Gasteiger partial charge >= 0.3 is 12.1 Å². The number of hydrogen-bond donors (Lipinski definition) is 0. The van der Waals surface area contributed by atoms with E-state index >= 15 is 0 Å². The van der Waals surface area contributed by atoms with E-state index in [-0.39, 0.29) is 11.9 Å². The summed E-state index contributed by atoms with van der Waals surface area (Å²) in [4.78, 5) is 25.5. The fraction of sp³-hybridized carbons (Fsp3) is 0.733. The van der Waals surface area contributed by atoms with Gasteiger partial charge in [-0.3, -0.25) is 4.90 Å².